The minimum absolute atomic E-state index is 0.0539. The van der Waals surface area contributed by atoms with Crippen LogP contribution in [-0.4, -0.2) is 53.0 Å². The van der Waals surface area contributed by atoms with E-state index in [1.54, 1.807) is 18.2 Å². The lowest BCUT2D eigenvalue weighted by atomic mass is 10.1. The Morgan fingerprint density at radius 2 is 2.14 bits per heavy atom. The molecule has 11 nitrogen and oxygen atoms in total. The Morgan fingerprint density at radius 3 is 3.03 bits per heavy atom. The zero-order valence-corrected chi connectivity index (χ0v) is 18.6. The molecule has 1 aromatic carbocycles. The van der Waals surface area contributed by atoms with Crippen molar-refractivity contribution in [2.24, 2.45) is 0 Å². The molecule has 2 aliphatic heterocycles. The molecule has 1 fully saturated rings. The van der Waals surface area contributed by atoms with Crippen LogP contribution in [0.5, 0.6) is 5.75 Å². The molecule has 176 valence electrons. The number of hydrogen-bond acceptors (Lipinski definition) is 9. The van der Waals surface area contributed by atoms with Gasteiger partial charge in [-0.3, -0.25) is 9.69 Å². The molecule has 1 saturated heterocycles. The SMILES string of the molecule is N#Cc1cnnc(-c2cccc(CNCCC3CN(c4ccc5c(n4)NC(=O)CO5)C(=O)O3)c2)c1. The van der Waals surface area contributed by atoms with Crippen molar-refractivity contribution in [1.29, 1.82) is 5.26 Å². The van der Waals surface area contributed by atoms with Crippen molar-refractivity contribution in [3.05, 3.63) is 59.8 Å². The van der Waals surface area contributed by atoms with Gasteiger partial charge in [-0.1, -0.05) is 18.2 Å². The summed E-state index contributed by atoms with van der Waals surface area (Å²) in [5.41, 5.74) is 3.04. The molecule has 5 rings (SSSR count). The molecule has 35 heavy (non-hydrogen) atoms. The van der Waals surface area contributed by atoms with Crippen molar-refractivity contribution in [2.75, 3.05) is 29.9 Å². The zero-order chi connectivity index (χ0) is 24.2. The quantitative estimate of drug-likeness (QED) is 0.496. The lowest BCUT2D eigenvalue weighted by Gasteiger charge is -2.19. The maximum Gasteiger partial charge on any atom is 0.415 e. The van der Waals surface area contributed by atoms with Gasteiger partial charge in [0.2, 0.25) is 0 Å². The third-order valence-electron chi connectivity index (χ3n) is 5.59. The number of fused-ring (bicyclic) bond motifs is 1. The minimum atomic E-state index is -0.473. The monoisotopic (exact) mass is 471 g/mol. The Labute approximate surface area is 200 Å². The van der Waals surface area contributed by atoms with Crippen molar-refractivity contribution in [2.45, 2.75) is 19.1 Å². The molecule has 1 atom stereocenters. The highest BCUT2D eigenvalue weighted by Gasteiger charge is 2.33. The van der Waals surface area contributed by atoms with E-state index in [9.17, 15) is 9.59 Å². The molecule has 0 aliphatic carbocycles. The first kappa shape index (κ1) is 22.2. The Bertz CT molecular complexity index is 1320. The number of pyridine rings is 1. The molecule has 2 aliphatic rings. The third kappa shape index (κ3) is 5.02. The van der Waals surface area contributed by atoms with Gasteiger partial charge in [0.05, 0.1) is 24.0 Å². The van der Waals surface area contributed by atoms with E-state index in [2.05, 4.69) is 31.9 Å². The fraction of sp³-hybridized carbons (Fsp3) is 0.250. The summed E-state index contributed by atoms with van der Waals surface area (Å²) in [5.74, 6) is 0.874. The first-order valence-electron chi connectivity index (χ1n) is 11.0. The lowest BCUT2D eigenvalue weighted by Crippen LogP contribution is -2.29. The van der Waals surface area contributed by atoms with Crippen molar-refractivity contribution < 1.29 is 19.1 Å². The van der Waals surface area contributed by atoms with Gasteiger partial charge in [-0.15, -0.1) is 0 Å². The Balaban J connectivity index is 1.14. The molecule has 3 aromatic rings. The number of aromatic nitrogens is 3. The van der Waals surface area contributed by atoms with Crippen molar-refractivity contribution >= 4 is 23.6 Å². The van der Waals surface area contributed by atoms with Crippen LogP contribution in [0.1, 0.15) is 17.5 Å². The number of rotatable bonds is 7. The second kappa shape index (κ2) is 9.74. The average molecular weight is 471 g/mol. The highest BCUT2D eigenvalue weighted by molar-refractivity contribution is 5.95. The normalized spacial score (nSPS) is 16.7. The van der Waals surface area contributed by atoms with Crippen LogP contribution in [0, 0.1) is 11.3 Å². The highest BCUT2D eigenvalue weighted by Crippen LogP contribution is 2.30. The number of nitriles is 1. The topological polar surface area (TPSA) is 142 Å². The van der Waals surface area contributed by atoms with Gasteiger partial charge in [-0.25, -0.2) is 9.78 Å². The van der Waals surface area contributed by atoms with E-state index in [0.717, 1.165) is 11.1 Å². The van der Waals surface area contributed by atoms with E-state index in [4.69, 9.17) is 14.7 Å². The number of hydrogen-bond donors (Lipinski definition) is 2. The van der Waals surface area contributed by atoms with Crippen LogP contribution < -0.4 is 20.3 Å². The molecule has 2 amide bonds. The van der Waals surface area contributed by atoms with Gasteiger partial charge in [-0.05, 0) is 42.8 Å². The summed E-state index contributed by atoms with van der Waals surface area (Å²) in [6.07, 6.45) is 1.30. The maximum absolute atomic E-state index is 12.4. The lowest BCUT2D eigenvalue weighted by molar-refractivity contribution is -0.118. The van der Waals surface area contributed by atoms with E-state index < -0.39 is 6.09 Å². The van der Waals surface area contributed by atoms with Crippen LogP contribution in [0.25, 0.3) is 11.3 Å². The maximum atomic E-state index is 12.4. The summed E-state index contributed by atoms with van der Waals surface area (Å²) in [5, 5.41) is 23.1. The largest absolute Gasteiger partial charge is 0.480 e. The molecule has 2 N–H and O–H groups in total. The van der Waals surface area contributed by atoms with Gasteiger partial charge < -0.3 is 20.1 Å². The van der Waals surface area contributed by atoms with Crippen molar-refractivity contribution in [3.63, 3.8) is 0 Å². The van der Waals surface area contributed by atoms with E-state index >= 15 is 0 Å². The first-order valence-corrected chi connectivity index (χ1v) is 11.0. The molecule has 0 radical (unpaired) electrons. The number of anilines is 2. The van der Waals surface area contributed by atoms with E-state index in [-0.39, 0.29) is 18.6 Å². The summed E-state index contributed by atoms with van der Waals surface area (Å²) < 4.78 is 10.8. The molecule has 0 spiro atoms. The van der Waals surface area contributed by atoms with Crippen LogP contribution in [-0.2, 0) is 16.1 Å². The Morgan fingerprint density at radius 1 is 1.23 bits per heavy atom. The summed E-state index contributed by atoms with van der Waals surface area (Å²) in [7, 11) is 0. The van der Waals surface area contributed by atoms with Crippen molar-refractivity contribution in [1.82, 2.24) is 20.5 Å². The summed E-state index contributed by atoms with van der Waals surface area (Å²) in [6.45, 7) is 1.57. The number of carbonyl (C=O) groups is 2. The zero-order valence-electron chi connectivity index (χ0n) is 18.6. The number of amides is 2. The van der Waals surface area contributed by atoms with E-state index in [0.29, 0.717) is 54.7 Å². The Hall–Kier alpha value is -4.56. The third-order valence-corrected chi connectivity index (χ3v) is 5.59. The molecule has 0 bridgehead atoms. The highest BCUT2D eigenvalue weighted by atomic mass is 16.6. The number of nitrogens with one attached hydrogen (secondary N) is 2. The van der Waals surface area contributed by atoms with Crippen LogP contribution >= 0.6 is 0 Å². The molecular weight excluding hydrogens is 450 g/mol. The summed E-state index contributed by atoms with van der Waals surface area (Å²) in [6, 6.07) is 15.0. The number of cyclic esters (lactones) is 1. The van der Waals surface area contributed by atoms with E-state index in [1.807, 2.05) is 24.3 Å². The van der Waals surface area contributed by atoms with Gasteiger partial charge in [0.25, 0.3) is 5.91 Å². The fourth-order valence-corrected chi connectivity index (χ4v) is 3.87. The van der Waals surface area contributed by atoms with Crippen LogP contribution in [0.3, 0.4) is 0 Å². The fourth-order valence-electron chi connectivity index (χ4n) is 3.87. The number of nitrogens with zero attached hydrogens (tertiary/aromatic N) is 5. The molecular formula is C24H21N7O4. The average Bonchev–Trinajstić information content (AvgIpc) is 3.26. The number of benzene rings is 1. The molecule has 0 saturated carbocycles. The molecule has 1 unspecified atom stereocenters. The smallest absolute Gasteiger partial charge is 0.415 e. The minimum Gasteiger partial charge on any atom is -0.480 e. The first-order chi connectivity index (χ1) is 17.1. The second-order valence-corrected chi connectivity index (χ2v) is 8.08. The second-order valence-electron chi connectivity index (χ2n) is 8.08. The molecule has 4 heterocycles. The summed E-state index contributed by atoms with van der Waals surface area (Å²) in [4.78, 5) is 29.7. The van der Waals surface area contributed by atoms with Crippen LogP contribution in [0.15, 0.2) is 48.7 Å². The van der Waals surface area contributed by atoms with Gasteiger partial charge in [0, 0.05) is 12.1 Å². The predicted octanol–water partition coefficient (Wildman–Crippen LogP) is 2.25. The Kier molecular flexibility index (Phi) is 6.19. The van der Waals surface area contributed by atoms with Gasteiger partial charge in [0.15, 0.2) is 18.2 Å². The van der Waals surface area contributed by atoms with Crippen molar-refractivity contribution in [3.8, 4) is 23.1 Å². The summed E-state index contributed by atoms with van der Waals surface area (Å²) >= 11 is 0. The molecule has 2 aromatic heterocycles. The molecule has 11 heteroatoms. The van der Waals surface area contributed by atoms with E-state index in [1.165, 1.54) is 11.1 Å². The standard InChI is InChI=1S/C24H21N7O4/c25-10-16-9-19(30-27-12-16)17-3-1-2-15(8-17)11-26-7-6-18-13-31(24(33)35-18)21-5-4-20-23(28-21)29-22(32)14-34-20/h1-5,8-9,12,18,26H,6-7,11,13-14H2,(H,28,29,32). The van der Waals surface area contributed by atoms with Crippen LogP contribution in [0.2, 0.25) is 0 Å². The van der Waals surface area contributed by atoms with Gasteiger partial charge in [0.1, 0.15) is 18.0 Å². The van der Waals surface area contributed by atoms with Crippen LogP contribution in [0.4, 0.5) is 16.4 Å². The predicted molar refractivity (Wildman–Crippen MR) is 124 cm³/mol. The van der Waals surface area contributed by atoms with Gasteiger partial charge in [-0.2, -0.15) is 15.5 Å². The van der Waals surface area contributed by atoms with Gasteiger partial charge >= 0.3 is 6.09 Å². The number of ether oxygens (including phenoxy) is 2. The number of carbonyl (C=O) groups excluding carboxylic acids is 2.